The van der Waals surface area contributed by atoms with Crippen molar-refractivity contribution in [2.45, 2.75) is 51.6 Å². The molecule has 3 heterocycles. The van der Waals surface area contributed by atoms with E-state index in [0.29, 0.717) is 6.54 Å². The SMILES string of the molecule is CNCc1c(OCC2CC2)ccc2c(CCC3CCN(Cc4ccc(C#N)s4)CC3)noc12.Cl.Cl. The molecule has 2 aromatic heterocycles. The van der Waals surface area contributed by atoms with Crippen LogP contribution in [-0.2, 0) is 19.5 Å². The molecule has 190 valence electrons. The van der Waals surface area contributed by atoms with Crippen molar-refractivity contribution >= 4 is 47.1 Å². The molecule has 2 fully saturated rings. The molecule has 0 atom stereocenters. The summed E-state index contributed by atoms with van der Waals surface area (Å²) in [6.45, 7) is 4.72. The number of aromatic nitrogens is 1. The van der Waals surface area contributed by atoms with E-state index >= 15 is 0 Å². The first-order chi connectivity index (χ1) is 16.2. The maximum Gasteiger partial charge on any atom is 0.175 e. The molecule has 0 unspecified atom stereocenters. The third-order valence-electron chi connectivity index (χ3n) is 6.95. The van der Waals surface area contributed by atoms with Gasteiger partial charge in [0.1, 0.15) is 16.7 Å². The molecule has 2 aliphatic rings. The summed E-state index contributed by atoms with van der Waals surface area (Å²) in [7, 11) is 1.95. The van der Waals surface area contributed by atoms with E-state index in [4.69, 9.17) is 14.5 Å². The molecule has 0 bridgehead atoms. The van der Waals surface area contributed by atoms with Gasteiger partial charge >= 0.3 is 0 Å². The number of aryl methyl sites for hydroxylation is 1. The third-order valence-corrected chi connectivity index (χ3v) is 7.92. The molecule has 0 radical (unpaired) electrons. The summed E-state index contributed by atoms with van der Waals surface area (Å²) < 4.78 is 11.9. The number of nitriles is 1. The molecule has 1 aromatic carbocycles. The second-order valence-corrected chi connectivity index (χ2v) is 10.6. The Bertz CT molecular complexity index is 1130. The predicted molar refractivity (Wildman–Crippen MR) is 145 cm³/mol. The Labute approximate surface area is 223 Å². The summed E-state index contributed by atoms with van der Waals surface area (Å²) in [5.74, 6) is 2.37. The van der Waals surface area contributed by atoms with Gasteiger partial charge in [0.05, 0.1) is 17.9 Å². The highest BCUT2D eigenvalue weighted by atomic mass is 35.5. The second-order valence-electron chi connectivity index (χ2n) is 9.47. The fourth-order valence-corrected chi connectivity index (χ4v) is 5.61. The molecule has 6 nitrogen and oxygen atoms in total. The first-order valence-electron chi connectivity index (χ1n) is 12.1. The summed E-state index contributed by atoms with van der Waals surface area (Å²) in [5, 5.41) is 17.9. The molecule has 1 N–H and O–H groups in total. The molecule has 35 heavy (non-hydrogen) atoms. The van der Waals surface area contributed by atoms with Crippen LogP contribution >= 0.6 is 36.2 Å². The number of hydrogen-bond donors (Lipinski definition) is 1. The maximum absolute atomic E-state index is 9.02. The van der Waals surface area contributed by atoms with Crippen LogP contribution in [0.25, 0.3) is 11.0 Å². The summed E-state index contributed by atoms with van der Waals surface area (Å²) in [6.07, 6.45) is 7.10. The van der Waals surface area contributed by atoms with Crippen LogP contribution in [0.2, 0.25) is 0 Å². The normalized spacial score (nSPS) is 16.5. The Kier molecular flexibility index (Phi) is 10.3. The van der Waals surface area contributed by atoms with Crippen molar-refractivity contribution in [1.82, 2.24) is 15.4 Å². The number of piperidine rings is 1. The fourth-order valence-electron chi connectivity index (χ4n) is 4.76. The first kappa shape index (κ1) is 27.8. The van der Waals surface area contributed by atoms with Gasteiger partial charge in [0.15, 0.2) is 5.58 Å². The minimum Gasteiger partial charge on any atom is -0.493 e. The van der Waals surface area contributed by atoms with Gasteiger partial charge in [-0.25, -0.2) is 0 Å². The van der Waals surface area contributed by atoms with Gasteiger partial charge in [-0.05, 0) is 94.8 Å². The minimum absolute atomic E-state index is 0. The van der Waals surface area contributed by atoms with Gasteiger partial charge in [0.2, 0.25) is 0 Å². The zero-order valence-electron chi connectivity index (χ0n) is 20.1. The number of nitrogens with zero attached hydrogens (tertiary/aromatic N) is 3. The summed E-state index contributed by atoms with van der Waals surface area (Å²) in [5.41, 5.74) is 3.02. The molecule has 0 amide bonds. The van der Waals surface area contributed by atoms with Crippen LogP contribution < -0.4 is 10.1 Å². The molecule has 1 saturated carbocycles. The van der Waals surface area contributed by atoms with E-state index in [1.165, 1.54) is 30.6 Å². The number of thiophene rings is 1. The molecule has 9 heteroatoms. The molecule has 5 rings (SSSR count). The number of rotatable bonds is 10. The first-order valence-corrected chi connectivity index (χ1v) is 12.9. The highest BCUT2D eigenvalue weighted by Gasteiger charge is 2.24. The minimum atomic E-state index is 0. The zero-order chi connectivity index (χ0) is 22.6. The lowest BCUT2D eigenvalue weighted by Crippen LogP contribution is -2.33. The maximum atomic E-state index is 9.02. The molecule has 1 saturated heterocycles. The molecule has 0 spiro atoms. The summed E-state index contributed by atoms with van der Waals surface area (Å²) in [6, 6.07) is 10.5. The van der Waals surface area contributed by atoms with E-state index in [-0.39, 0.29) is 24.8 Å². The van der Waals surface area contributed by atoms with E-state index in [9.17, 15) is 0 Å². The van der Waals surface area contributed by atoms with Crippen LogP contribution in [-0.4, -0.2) is 36.8 Å². The monoisotopic (exact) mass is 536 g/mol. The van der Waals surface area contributed by atoms with Gasteiger partial charge in [-0.1, -0.05) is 5.16 Å². The number of fused-ring (bicyclic) bond motifs is 1. The second kappa shape index (κ2) is 12.9. The Balaban J connectivity index is 0.00000171. The lowest BCUT2D eigenvalue weighted by molar-refractivity contribution is 0.173. The van der Waals surface area contributed by atoms with Gasteiger partial charge in [-0.2, -0.15) is 5.26 Å². The number of nitrogens with one attached hydrogen (secondary N) is 1. The molecular formula is C26H34Cl2N4O2S. The lowest BCUT2D eigenvalue weighted by Gasteiger charge is -2.31. The van der Waals surface area contributed by atoms with Gasteiger partial charge in [0, 0.05) is 23.4 Å². The van der Waals surface area contributed by atoms with Crippen molar-refractivity contribution in [3.63, 3.8) is 0 Å². The Morgan fingerprint density at radius 2 is 1.94 bits per heavy atom. The van der Waals surface area contributed by atoms with E-state index < -0.39 is 0 Å². The third kappa shape index (κ3) is 6.90. The lowest BCUT2D eigenvalue weighted by atomic mass is 9.91. The van der Waals surface area contributed by atoms with Gasteiger partial charge in [0.25, 0.3) is 0 Å². The van der Waals surface area contributed by atoms with Crippen LogP contribution in [0.1, 0.15) is 53.1 Å². The number of halogens is 2. The van der Waals surface area contributed by atoms with Crippen molar-refractivity contribution in [2.75, 3.05) is 26.7 Å². The van der Waals surface area contributed by atoms with Gasteiger partial charge in [-0.3, -0.25) is 4.90 Å². The van der Waals surface area contributed by atoms with E-state index in [2.05, 4.69) is 39.6 Å². The molecular weight excluding hydrogens is 503 g/mol. The Morgan fingerprint density at radius 1 is 1.14 bits per heavy atom. The van der Waals surface area contributed by atoms with Crippen molar-refractivity contribution < 1.29 is 9.26 Å². The highest BCUT2D eigenvalue weighted by molar-refractivity contribution is 7.12. The van der Waals surface area contributed by atoms with Gasteiger partial charge < -0.3 is 14.6 Å². The highest BCUT2D eigenvalue weighted by Crippen LogP contribution is 2.34. The summed E-state index contributed by atoms with van der Waals surface area (Å²) in [4.78, 5) is 4.61. The fraction of sp³-hybridized carbons (Fsp3) is 0.538. The number of ether oxygens (including phenoxy) is 1. The summed E-state index contributed by atoms with van der Waals surface area (Å²) >= 11 is 1.61. The van der Waals surface area contributed by atoms with Crippen molar-refractivity contribution in [3.8, 4) is 11.8 Å². The Hall–Kier alpha value is -1.82. The standard InChI is InChI=1S/C26H32N4O2S.2ClH/c1-28-15-23-25(31-17-19-2-3-19)9-7-22-24(29-32-26(22)23)8-4-18-10-12-30(13-11-18)16-21-6-5-20(14-27)33-21;;/h5-7,9,18-19,28H,2-4,8,10-13,15-17H2,1H3;2*1H. The number of likely N-dealkylation sites (tertiary alicyclic amines) is 1. The van der Waals surface area contributed by atoms with Crippen LogP contribution in [0.3, 0.4) is 0 Å². The van der Waals surface area contributed by atoms with E-state index in [1.54, 1.807) is 11.3 Å². The topological polar surface area (TPSA) is 74.3 Å². The quantitative estimate of drug-likeness (QED) is 0.344. The van der Waals surface area contributed by atoms with Gasteiger partial charge in [-0.15, -0.1) is 36.2 Å². The van der Waals surface area contributed by atoms with E-state index in [1.807, 2.05) is 13.1 Å². The van der Waals surface area contributed by atoms with Crippen molar-refractivity contribution in [1.29, 1.82) is 5.26 Å². The van der Waals surface area contributed by atoms with Crippen molar-refractivity contribution in [3.05, 3.63) is 45.3 Å². The zero-order valence-corrected chi connectivity index (χ0v) is 22.6. The molecule has 3 aromatic rings. The Morgan fingerprint density at radius 3 is 2.63 bits per heavy atom. The van der Waals surface area contributed by atoms with Crippen LogP contribution in [0.4, 0.5) is 0 Å². The van der Waals surface area contributed by atoms with Crippen LogP contribution in [0.15, 0.2) is 28.8 Å². The average molecular weight is 538 g/mol. The van der Waals surface area contributed by atoms with E-state index in [0.717, 1.165) is 83.8 Å². The average Bonchev–Trinajstić information content (AvgIpc) is 3.40. The molecule has 1 aliphatic carbocycles. The smallest absolute Gasteiger partial charge is 0.175 e. The number of hydrogen-bond acceptors (Lipinski definition) is 7. The number of benzene rings is 1. The predicted octanol–water partition coefficient (Wildman–Crippen LogP) is 5.96. The van der Waals surface area contributed by atoms with Crippen molar-refractivity contribution in [2.24, 2.45) is 11.8 Å². The van der Waals surface area contributed by atoms with Crippen LogP contribution in [0.5, 0.6) is 5.75 Å². The van der Waals surface area contributed by atoms with Crippen LogP contribution in [0, 0.1) is 23.2 Å². The molecule has 1 aliphatic heterocycles. The largest absolute Gasteiger partial charge is 0.493 e.